The molecule has 0 N–H and O–H groups in total. The van der Waals surface area contributed by atoms with E-state index < -0.39 is 0 Å². The monoisotopic (exact) mass is 763 g/mol. The van der Waals surface area contributed by atoms with Gasteiger partial charge in [0.2, 0.25) is 0 Å². The lowest BCUT2D eigenvalue weighted by atomic mass is 9.79. The van der Waals surface area contributed by atoms with Crippen LogP contribution in [-0.2, 0) is 0 Å². The second-order valence-corrected chi connectivity index (χ2v) is 16.8. The fraction of sp³-hybridized carbons (Fsp3) is 0.109. The maximum atomic E-state index is 6.64. The molecular formula is C55H41NOS. The Morgan fingerprint density at radius 2 is 1.22 bits per heavy atom. The minimum atomic E-state index is -0.0739. The van der Waals surface area contributed by atoms with Gasteiger partial charge in [-0.15, -0.1) is 11.3 Å². The van der Waals surface area contributed by atoms with Crippen LogP contribution < -0.4 is 0 Å². The van der Waals surface area contributed by atoms with Gasteiger partial charge in [0.25, 0.3) is 0 Å². The molecule has 0 saturated heterocycles. The van der Waals surface area contributed by atoms with E-state index in [0.717, 1.165) is 57.2 Å². The van der Waals surface area contributed by atoms with Crippen LogP contribution in [0.2, 0.25) is 0 Å². The van der Waals surface area contributed by atoms with E-state index in [0.29, 0.717) is 0 Å². The van der Waals surface area contributed by atoms with Crippen LogP contribution in [0.4, 0.5) is 0 Å². The third-order valence-corrected chi connectivity index (χ3v) is 13.4. The topological polar surface area (TPSA) is 25.5 Å². The van der Waals surface area contributed by atoms with Crippen molar-refractivity contribution in [2.45, 2.75) is 32.7 Å². The molecule has 58 heavy (non-hydrogen) atoms. The number of hydrogen-bond donors (Lipinski definition) is 0. The number of hydrogen-bond acceptors (Lipinski definition) is 3. The smallest absolute Gasteiger partial charge is 0.136 e. The van der Waals surface area contributed by atoms with Crippen molar-refractivity contribution in [3.8, 4) is 22.3 Å². The number of rotatable bonds is 6. The van der Waals surface area contributed by atoms with Crippen LogP contribution in [0.25, 0.3) is 80.7 Å². The van der Waals surface area contributed by atoms with Crippen LogP contribution in [0, 0.1) is 5.92 Å². The Hall–Kier alpha value is -6.55. The maximum absolute atomic E-state index is 6.64. The van der Waals surface area contributed by atoms with Gasteiger partial charge in [-0.1, -0.05) is 146 Å². The van der Waals surface area contributed by atoms with Crippen molar-refractivity contribution in [1.29, 1.82) is 0 Å². The minimum Gasteiger partial charge on any atom is -0.456 e. The van der Waals surface area contributed by atoms with Crippen molar-refractivity contribution in [2.75, 3.05) is 0 Å². The quantitative estimate of drug-likeness (QED) is 0.166. The molecule has 2 aromatic heterocycles. The zero-order valence-electron chi connectivity index (χ0n) is 32.6. The molecule has 2 atom stereocenters. The summed E-state index contributed by atoms with van der Waals surface area (Å²) >= 11 is 1.88. The highest BCUT2D eigenvalue weighted by atomic mass is 32.1. The standard InChI is InChI=1S/C55H41NOS/c1-3-40-52(36-19-8-5-9-20-36)34(2)29-47(56-55(40)44-25-16-28-51-54(44)43-24-13-15-27-50(43)58-51)39-30-37-21-10-11-22-41(37)45(32-39)46-31-38(35-17-6-4-7-18-35)33-49-53(46)42-23-12-14-26-48(42)57-49/h4-28,30-33,40,55H,3,29H2,1-2H3. The van der Waals surface area contributed by atoms with Crippen LogP contribution in [0.1, 0.15) is 49.4 Å². The molecule has 1 aliphatic heterocycles. The molecular weight excluding hydrogens is 723 g/mol. The Kier molecular flexibility index (Phi) is 8.45. The van der Waals surface area contributed by atoms with Crippen molar-refractivity contribution in [1.82, 2.24) is 0 Å². The lowest BCUT2D eigenvalue weighted by Crippen LogP contribution is -2.14. The molecule has 11 rings (SSSR count). The van der Waals surface area contributed by atoms with Crippen molar-refractivity contribution < 1.29 is 4.42 Å². The van der Waals surface area contributed by atoms with E-state index in [1.165, 1.54) is 64.3 Å². The summed E-state index contributed by atoms with van der Waals surface area (Å²) in [5.41, 5.74) is 14.1. The van der Waals surface area contributed by atoms with E-state index >= 15 is 0 Å². The summed E-state index contributed by atoms with van der Waals surface area (Å²) in [5.74, 6) is 0.198. The molecule has 2 unspecified atom stereocenters. The number of thiophene rings is 1. The summed E-state index contributed by atoms with van der Waals surface area (Å²) in [6.45, 7) is 4.69. The summed E-state index contributed by atoms with van der Waals surface area (Å²) in [7, 11) is 0. The normalized spacial score (nSPS) is 16.1. The lowest BCUT2D eigenvalue weighted by molar-refractivity contribution is 0.528. The van der Waals surface area contributed by atoms with Gasteiger partial charge in [0.15, 0.2) is 0 Å². The third kappa shape index (κ3) is 5.72. The number of para-hydroxylation sites is 1. The SMILES string of the molecule is CCC1C(c2ccccc2)=C(C)CC(c2cc(-c3cc(-c4ccccc4)cc4oc5ccccc5c34)c3ccccc3c2)=NC1c1cccc2sc3ccccc3c12. The summed E-state index contributed by atoms with van der Waals surface area (Å²) in [6.07, 6.45) is 1.74. The predicted octanol–water partition coefficient (Wildman–Crippen LogP) is 15.9. The van der Waals surface area contributed by atoms with Gasteiger partial charge in [0, 0.05) is 49.0 Å². The van der Waals surface area contributed by atoms with E-state index in [-0.39, 0.29) is 12.0 Å². The van der Waals surface area contributed by atoms with Gasteiger partial charge in [-0.25, -0.2) is 0 Å². The van der Waals surface area contributed by atoms with Crippen molar-refractivity contribution in [2.24, 2.45) is 10.9 Å². The van der Waals surface area contributed by atoms with Gasteiger partial charge in [-0.05, 0) is 111 Å². The Morgan fingerprint density at radius 3 is 2.03 bits per heavy atom. The Labute approximate surface area is 342 Å². The van der Waals surface area contributed by atoms with E-state index in [1.807, 2.05) is 11.3 Å². The summed E-state index contributed by atoms with van der Waals surface area (Å²) in [6, 6.07) is 64.1. The van der Waals surface area contributed by atoms with Crippen LogP contribution in [-0.4, -0.2) is 5.71 Å². The molecule has 0 fully saturated rings. The summed E-state index contributed by atoms with van der Waals surface area (Å²) in [5, 5.41) is 7.34. The lowest BCUT2D eigenvalue weighted by Gasteiger charge is -2.27. The average Bonchev–Trinajstić information content (AvgIpc) is 3.81. The fourth-order valence-corrected chi connectivity index (χ4v) is 10.8. The molecule has 278 valence electrons. The van der Waals surface area contributed by atoms with Gasteiger partial charge in [0.05, 0.1) is 6.04 Å². The first-order valence-electron chi connectivity index (χ1n) is 20.4. The fourth-order valence-electron chi connectivity index (χ4n) is 9.71. The molecule has 1 aliphatic rings. The molecule has 3 heterocycles. The molecule has 3 heteroatoms. The van der Waals surface area contributed by atoms with E-state index in [9.17, 15) is 0 Å². The van der Waals surface area contributed by atoms with Crippen LogP contribution >= 0.6 is 11.3 Å². The number of benzene rings is 8. The van der Waals surface area contributed by atoms with Crippen molar-refractivity contribution >= 4 is 75.5 Å². The molecule has 0 saturated carbocycles. The second kappa shape index (κ2) is 14.1. The highest BCUT2D eigenvalue weighted by Gasteiger charge is 2.33. The molecule has 10 aromatic rings. The van der Waals surface area contributed by atoms with E-state index in [2.05, 4.69) is 190 Å². The third-order valence-electron chi connectivity index (χ3n) is 12.3. The number of fused-ring (bicyclic) bond motifs is 7. The van der Waals surface area contributed by atoms with Gasteiger partial charge < -0.3 is 4.42 Å². The second-order valence-electron chi connectivity index (χ2n) is 15.7. The first-order valence-corrected chi connectivity index (χ1v) is 21.2. The number of furan rings is 1. The van der Waals surface area contributed by atoms with Gasteiger partial charge in [-0.3, -0.25) is 4.99 Å². The summed E-state index contributed by atoms with van der Waals surface area (Å²) < 4.78 is 9.28. The predicted molar refractivity (Wildman–Crippen MR) is 248 cm³/mol. The highest BCUT2D eigenvalue weighted by molar-refractivity contribution is 7.25. The first-order chi connectivity index (χ1) is 28.6. The van der Waals surface area contributed by atoms with E-state index in [1.54, 1.807) is 0 Å². The van der Waals surface area contributed by atoms with Crippen molar-refractivity contribution in [3.63, 3.8) is 0 Å². The zero-order chi connectivity index (χ0) is 38.7. The molecule has 0 aliphatic carbocycles. The van der Waals surface area contributed by atoms with Crippen LogP contribution in [0.15, 0.2) is 191 Å². The molecule has 0 radical (unpaired) electrons. The number of nitrogens with zero attached hydrogens (tertiary/aromatic N) is 1. The maximum Gasteiger partial charge on any atom is 0.136 e. The number of allylic oxidation sites excluding steroid dienone is 1. The molecule has 8 aromatic carbocycles. The van der Waals surface area contributed by atoms with Gasteiger partial charge >= 0.3 is 0 Å². The van der Waals surface area contributed by atoms with Crippen LogP contribution in [0.5, 0.6) is 0 Å². The van der Waals surface area contributed by atoms with Gasteiger partial charge in [-0.2, -0.15) is 0 Å². The molecule has 2 nitrogen and oxygen atoms in total. The van der Waals surface area contributed by atoms with E-state index in [4.69, 9.17) is 9.41 Å². The van der Waals surface area contributed by atoms with Crippen molar-refractivity contribution in [3.05, 3.63) is 198 Å². The highest BCUT2D eigenvalue weighted by Crippen LogP contribution is 2.49. The first kappa shape index (κ1) is 34.7. The Morgan fingerprint density at radius 1 is 0.552 bits per heavy atom. The minimum absolute atomic E-state index is 0.0739. The zero-order valence-corrected chi connectivity index (χ0v) is 33.4. The Balaban J connectivity index is 1.19. The Bertz CT molecular complexity index is 3260. The van der Waals surface area contributed by atoms with Crippen LogP contribution in [0.3, 0.4) is 0 Å². The van der Waals surface area contributed by atoms with Gasteiger partial charge in [0.1, 0.15) is 11.2 Å². The average molecular weight is 764 g/mol. The molecule has 0 spiro atoms. The summed E-state index contributed by atoms with van der Waals surface area (Å²) in [4.78, 5) is 6.00. The largest absolute Gasteiger partial charge is 0.456 e. The number of aliphatic imine (C=N–C) groups is 1. The molecule has 0 bridgehead atoms. The molecule has 0 amide bonds.